The normalized spacial score (nSPS) is 14.0. The summed E-state index contributed by atoms with van der Waals surface area (Å²) < 4.78 is 77.3. The van der Waals surface area contributed by atoms with E-state index in [1.807, 2.05) is 53.8 Å². The number of rotatable bonds is 6. The van der Waals surface area contributed by atoms with Crippen LogP contribution in [0.1, 0.15) is 24.0 Å². The average molecular weight is 507 g/mol. The molecule has 188 valence electrons. The molecule has 2 N–H and O–H groups in total. The van der Waals surface area contributed by atoms with Gasteiger partial charge in [-0.2, -0.15) is 8.78 Å². The Morgan fingerprint density at radius 3 is 1.83 bits per heavy atom. The van der Waals surface area contributed by atoms with Crippen LogP contribution in [0.3, 0.4) is 0 Å². The predicted molar refractivity (Wildman–Crippen MR) is 116 cm³/mol. The largest absolute Gasteiger partial charge is 0.449 e. The molecule has 2 unspecified atom stereocenters. The second kappa shape index (κ2) is 9.94. The van der Waals surface area contributed by atoms with E-state index in [-0.39, 0.29) is 12.5 Å². The highest BCUT2D eigenvalue weighted by molar-refractivity contribution is 5.84. The van der Waals surface area contributed by atoms with Gasteiger partial charge < -0.3 is 19.9 Å². The molecule has 4 rings (SSSR count). The fourth-order valence-corrected chi connectivity index (χ4v) is 3.98. The van der Waals surface area contributed by atoms with Crippen molar-refractivity contribution in [2.24, 2.45) is 0 Å². The van der Waals surface area contributed by atoms with E-state index in [2.05, 4.69) is 4.74 Å². The first kappa shape index (κ1) is 25.1. The van der Waals surface area contributed by atoms with Gasteiger partial charge in [-0.25, -0.2) is 22.8 Å². The molecular formula is C25H18F5NO5. The van der Waals surface area contributed by atoms with Gasteiger partial charge in [0.15, 0.2) is 6.04 Å². The van der Waals surface area contributed by atoms with Crippen LogP contribution in [0.4, 0.5) is 26.7 Å². The monoisotopic (exact) mass is 507 g/mol. The van der Waals surface area contributed by atoms with Crippen molar-refractivity contribution in [2.45, 2.75) is 25.0 Å². The molecule has 1 aliphatic rings. The zero-order valence-electron chi connectivity index (χ0n) is 18.5. The summed E-state index contributed by atoms with van der Waals surface area (Å²) in [6, 6.07) is 13.1. The molecule has 0 radical (unpaired) electrons. The van der Waals surface area contributed by atoms with Crippen LogP contribution in [-0.4, -0.2) is 35.9 Å². The van der Waals surface area contributed by atoms with Gasteiger partial charge in [0.25, 0.3) is 0 Å². The highest BCUT2D eigenvalue weighted by atomic mass is 19.2. The molecule has 0 heterocycles. The number of aliphatic hydroxyl groups excluding tert-OH is 1. The topological polar surface area (TPSA) is 84.9 Å². The van der Waals surface area contributed by atoms with Crippen LogP contribution in [0.2, 0.25) is 0 Å². The van der Waals surface area contributed by atoms with Crippen LogP contribution in [0.25, 0.3) is 11.1 Å². The molecule has 0 saturated carbocycles. The Morgan fingerprint density at radius 1 is 0.861 bits per heavy atom. The average Bonchev–Trinajstić information content (AvgIpc) is 3.19. The molecule has 3 aromatic carbocycles. The molecular weight excluding hydrogens is 489 g/mol. The number of hydrogen-bond acceptors (Lipinski definition) is 5. The van der Waals surface area contributed by atoms with E-state index in [1.54, 1.807) is 0 Å². The minimum atomic E-state index is -2.44. The lowest BCUT2D eigenvalue weighted by Crippen LogP contribution is -2.50. The third-order valence-corrected chi connectivity index (χ3v) is 5.73. The number of esters is 1. The van der Waals surface area contributed by atoms with Crippen molar-refractivity contribution < 1.29 is 46.1 Å². The Hall–Kier alpha value is -3.99. The first-order valence-electron chi connectivity index (χ1n) is 10.6. The van der Waals surface area contributed by atoms with Crippen LogP contribution in [-0.2, 0) is 9.53 Å². The van der Waals surface area contributed by atoms with Crippen LogP contribution in [0.5, 0.6) is 5.75 Å². The molecule has 1 aliphatic carbocycles. The fraction of sp³-hybridized carbons (Fsp3) is 0.200. The highest BCUT2D eigenvalue weighted by Crippen LogP contribution is 2.44. The van der Waals surface area contributed by atoms with Gasteiger partial charge in [0.2, 0.25) is 34.8 Å². The number of ether oxygens (including phenoxy) is 2. The second-order valence-corrected chi connectivity index (χ2v) is 8.01. The molecule has 11 heteroatoms. The first-order chi connectivity index (χ1) is 17.1. The van der Waals surface area contributed by atoms with E-state index in [1.165, 1.54) is 0 Å². The second-order valence-electron chi connectivity index (χ2n) is 8.01. The Balaban J connectivity index is 1.47. The van der Waals surface area contributed by atoms with E-state index >= 15 is 0 Å². The molecule has 1 amide bonds. The number of benzene rings is 3. The van der Waals surface area contributed by atoms with Gasteiger partial charge in [0.1, 0.15) is 6.61 Å². The van der Waals surface area contributed by atoms with Crippen molar-refractivity contribution in [2.75, 3.05) is 6.61 Å². The van der Waals surface area contributed by atoms with Crippen LogP contribution >= 0.6 is 0 Å². The lowest BCUT2D eigenvalue weighted by atomic mass is 9.98. The van der Waals surface area contributed by atoms with Crippen molar-refractivity contribution in [1.82, 2.24) is 5.32 Å². The summed E-state index contributed by atoms with van der Waals surface area (Å²) in [6.45, 7) is 0.882. The first-order valence-corrected chi connectivity index (χ1v) is 10.6. The Morgan fingerprint density at radius 2 is 1.33 bits per heavy atom. The SMILES string of the molecule is CC(O)C(NC(=O)OCC1c2ccccc2-c2ccccc21)C(=O)Oc1c(F)c(F)c(F)c(F)c1F. The summed E-state index contributed by atoms with van der Waals surface area (Å²) in [4.78, 5) is 24.8. The summed E-state index contributed by atoms with van der Waals surface area (Å²) in [5, 5.41) is 11.9. The number of nitrogens with one attached hydrogen (secondary N) is 1. The van der Waals surface area contributed by atoms with Crippen LogP contribution < -0.4 is 10.1 Å². The van der Waals surface area contributed by atoms with Crippen LogP contribution in [0.15, 0.2) is 48.5 Å². The summed E-state index contributed by atoms with van der Waals surface area (Å²) in [7, 11) is 0. The maximum Gasteiger partial charge on any atom is 0.407 e. The highest BCUT2D eigenvalue weighted by Gasteiger charge is 2.34. The van der Waals surface area contributed by atoms with Crippen molar-refractivity contribution in [1.29, 1.82) is 0 Å². The minimum absolute atomic E-state index is 0.154. The lowest BCUT2D eigenvalue weighted by Gasteiger charge is -2.21. The molecule has 36 heavy (non-hydrogen) atoms. The van der Waals surface area contributed by atoms with Gasteiger partial charge >= 0.3 is 12.1 Å². The molecule has 0 aromatic heterocycles. The van der Waals surface area contributed by atoms with E-state index < -0.39 is 59.0 Å². The predicted octanol–water partition coefficient (Wildman–Crippen LogP) is 4.58. The zero-order valence-corrected chi connectivity index (χ0v) is 18.5. The third kappa shape index (κ3) is 4.49. The molecule has 2 atom stereocenters. The van der Waals surface area contributed by atoms with Crippen LogP contribution in [0, 0.1) is 29.1 Å². The number of fused-ring (bicyclic) bond motifs is 3. The lowest BCUT2D eigenvalue weighted by molar-refractivity contribution is -0.139. The number of amides is 1. The summed E-state index contributed by atoms with van der Waals surface area (Å²) in [5.41, 5.74) is 3.75. The quantitative estimate of drug-likeness (QED) is 0.168. The van der Waals surface area contributed by atoms with Gasteiger partial charge in [0.05, 0.1) is 6.10 Å². The van der Waals surface area contributed by atoms with Crippen molar-refractivity contribution in [3.8, 4) is 16.9 Å². The summed E-state index contributed by atoms with van der Waals surface area (Å²) in [5.74, 6) is -15.7. The molecule has 0 spiro atoms. The Bertz CT molecular complexity index is 1270. The number of carbonyl (C=O) groups excluding carboxylic acids is 2. The Kier molecular flexibility index (Phi) is 6.93. The van der Waals surface area contributed by atoms with E-state index in [0.717, 1.165) is 29.2 Å². The molecule has 0 aliphatic heterocycles. The number of hydrogen-bond donors (Lipinski definition) is 2. The smallest absolute Gasteiger partial charge is 0.407 e. The number of carbonyl (C=O) groups is 2. The van der Waals surface area contributed by atoms with Gasteiger partial charge in [0, 0.05) is 5.92 Å². The van der Waals surface area contributed by atoms with E-state index in [0.29, 0.717) is 0 Å². The number of alkyl carbamates (subject to hydrolysis) is 1. The van der Waals surface area contributed by atoms with E-state index in [9.17, 15) is 36.6 Å². The van der Waals surface area contributed by atoms with E-state index in [4.69, 9.17) is 4.74 Å². The standard InChI is InChI=1S/C25H18F5NO5/c1-11(32)22(24(33)36-23-20(29)18(27)17(26)19(28)21(23)30)31-25(34)35-10-16-14-8-4-2-6-12(14)13-7-3-5-9-15(13)16/h2-9,11,16,22,32H,10H2,1H3,(H,31,34). The molecule has 0 saturated heterocycles. The Labute approximate surface area is 201 Å². The van der Waals surface area contributed by atoms with Crippen molar-refractivity contribution in [3.63, 3.8) is 0 Å². The zero-order chi connectivity index (χ0) is 26.1. The van der Waals surface area contributed by atoms with Crippen molar-refractivity contribution in [3.05, 3.63) is 88.7 Å². The fourth-order valence-electron chi connectivity index (χ4n) is 3.98. The van der Waals surface area contributed by atoms with Gasteiger partial charge in [-0.05, 0) is 29.2 Å². The number of aliphatic hydroxyl groups is 1. The molecule has 6 nitrogen and oxygen atoms in total. The third-order valence-electron chi connectivity index (χ3n) is 5.73. The molecule has 0 bridgehead atoms. The van der Waals surface area contributed by atoms with Gasteiger partial charge in [-0.1, -0.05) is 48.5 Å². The minimum Gasteiger partial charge on any atom is -0.449 e. The molecule has 0 fully saturated rings. The van der Waals surface area contributed by atoms with Crippen molar-refractivity contribution >= 4 is 12.1 Å². The summed E-state index contributed by atoms with van der Waals surface area (Å²) in [6.07, 6.45) is -2.86. The van der Waals surface area contributed by atoms with Gasteiger partial charge in [-0.3, -0.25) is 0 Å². The number of halogens is 5. The van der Waals surface area contributed by atoms with Gasteiger partial charge in [-0.15, -0.1) is 0 Å². The maximum atomic E-state index is 13.9. The molecule has 3 aromatic rings. The summed E-state index contributed by atoms with van der Waals surface area (Å²) >= 11 is 0. The maximum absolute atomic E-state index is 13.9.